The molecule has 0 bridgehead atoms. The highest BCUT2D eigenvalue weighted by Gasteiger charge is 2.07. The maximum atomic E-state index is 5.48. The first kappa shape index (κ1) is 14.9. The number of thiol groups is 1. The van der Waals surface area contributed by atoms with Crippen LogP contribution in [0.4, 0.5) is 0 Å². The second kappa shape index (κ2) is 8.07. The van der Waals surface area contributed by atoms with Crippen molar-refractivity contribution in [3.05, 3.63) is 29.8 Å². The average molecular weight is 263 g/mol. The number of hydrogen-bond donors (Lipinski definition) is 1. The van der Waals surface area contributed by atoms with E-state index in [9.17, 15) is 0 Å². The summed E-state index contributed by atoms with van der Waals surface area (Å²) >= 11 is 4.31. The fourth-order valence-corrected chi connectivity index (χ4v) is 1.74. The predicted octanol–water partition coefficient (Wildman–Crippen LogP) is 2.84. The lowest BCUT2D eigenvalue weighted by Gasteiger charge is -2.23. The molecular formula is C15H21NOS. The Morgan fingerprint density at radius 2 is 2.00 bits per heavy atom. The van der Waals surface area contributed by atoms with Crippen molar-refractivity contribution in [2.24, 2.45) is 0 Å². The van der Waals surface area contributed by atoms with Crippen molar-refractivity contribution in [1.29, 1.82) is 0 Å². The smallest absolute Gasteiger partial charge is 0.149 e. The fourth-order valence-electron chi connectivity index (χ4n) is 1.47. The summed E-state index contributed by atoms with van der Waals surface area (Å²) in [4.78, 5) is 2.28. The lowest BCUT2D eigenvalue weighted by Crippen LogP contribution is -2.29. The molecule has 0 N–H and O–H groups in total. The molecule has 2 nitrogen and oxygen atoms in total. The van der Waals surface area contributed by atoms with Gasteiger partial charge in [-0.05, 0) is 38.6 Å². The van der Waals surface area contributed by atoms with Crippen molar-refractivity contribution in [1.82, 2.24) is 4.90 Å². The Morgan fingerprint density at radius 1 is 1.33 bits per heavy atom. The largest absolute Gasteiger partial charge is 0.481 e. The van der Waals surface area contributed by atoms with Gasteiger partial charge < -0.3 is 4.74 Å². The van der Waals surface area contributed by atoms with Crippen LogP contribution >= 0.6 is 12.6 Å². The molecular weight excluding hydrogens is 242 g/mol. The summed E-state index contributed by atoms with van der Waals surface area (Å²) in [7, 11) is 2.11. The number of ether oxygens (including phenoxy) is 1. The number of nitrogens with zero attached hydrogens (tertiary/aromatic N) is 1. The van der Waals surface area contributed by atoms with Gasteiger partial charge in [0.25, 0.3) is 0 Å². The van der Waals surface area contributed by atoms with Gasteiger partial charge in [0, 0.05) is 18.3 Å². The minimum Gasteiger partial charge on any atom is -0.481 e. The molecule has 0 saturated carbocycles. The van der Waals surface area contributed by atoms with Crippen LogP contribution in [0.5, 0.6) is 5.75 Å². The monoisotopic (exact) mass is 263 g/mol. The third-order valence-electron chi connectivity index (χ3n) is 2.86. The first-order valence-corrected chi connectivity index (χ1v) is 6.73. The molecule has 3 heteroatoms. The second-order valence-corrected chi connectivity index (χ2v) is 4.67. The quantitative estimate of drug-likeness (QED) is 0.626. The van der Waals surface area contributed by atoms with E-state index >= 15 is 0 Å². The molecule has 1 rings (SSSR count). The van der Waals surface area contributed by atoms with Gasteiger partial charge in [-0.2, -0.15) is 12.6 Å². The SMILES string of the molecule is CC#CCOc1ccc(CN(C)[C@H](C)CS)cc1. The zero-order chi connectivity index (χ0) is 13.4. The first-order chi connectivity index (χ1) is 8.67. The van der Waals surface area contributed by atoms with Crippen LogP contribution in [0.2, 0.25) is 0 Å². The van der Waals surface area contributed by atoms with Gasteiger partial charge in [-0.3, -0.25) is 4.90 Å². The van der Waals surface area contributed by atoms with Crippen LogP contribution in [-0.4, -0.2) is 30.3 Å². The molecule has 0 heterocycles. The number of benzene rings is 1. The highest BCUT2D eigenvalue weighted by molar-refractivity contribution is 7.80. The molecule has 0 aliphatic heterocycles. The van der Waals surface area contributed by atoms with E-state index in [-0.39, 0.29) is 0 Å². The maximum Gasteiger partial charge on any atom is 0.149 e. The summed E-state index contributed by atoms with van der Waals surface area (Å²) < 4.78 is 5.48. The van der Waals surface area contributed by atoms with Gasteiger partial charge in [-0.1, -0.05) is 18.1 Å². The van der Waals surface area contributed by atoms with E-state index in [1.807, 2.05) is 19.1 Å². The van der Waals surface area contributed by atoms with Gasteiger partial charge in [0.2, 0.25) is 0 Å². The highest BCUT2D eigenvalue weighted by atomic mass is 32.1. The van der Waals surface area contributed by atoms with E-state index in [0.717, 1.165) is 18.0 Å². The molecule has 18 heavy (non-hydrogen) atoms. The molecule has 1 aromatic carbocycles. The molecule has 0 aliphatic carbocycles. The summed E-state index contributed by atoms with van der Waals surface area (Å²) in [6.45, 7) is 5.36. The first-order valence-electron chi connectivity index (χ1n) is 6.09. The van der Waals surface area contributed by atoms with Crippen LogP contribution < -0.4 is 4.74 Å². The summed E-state index contributed by atoms with van der Waals surface area (Å²) in [5.74, 6) is 7.42. The third-order valence-corrected chi connectivity index (χ3v) is 3.39. The van der Waals surface area contributed by atoms with Gasteiger partial charge in [-0.15, -0.1) is 5.92 Å². The van der Waals surface area contributed by atoms with Crippen molar-refractivity contribution >= 4 is 12.6 Å². The summed E-state index contributed by atoms with van der Waals surface area (Å²) in [6, 6.07) is 8.65. The van der Waals surface area contributed by atoms with E-state index in [2.05, 4.69) is 55.5 Å². The highest BCUT2D eigenvalue weighted by Crippen LogP contribution is 2.14. The lowest BCUT2D eigenvalue weighted by molar-refractivity contribution is 0.270. The lowest BCUT2D eigenvalue weighted by atomic mass is 10.2. The molecule has 98 valence electrons. The Kier molecular flexibility index (Phi) is 6.70. The maximum absolute atomic E-state index is 5.48. The molecule has 1 aromatic rings. The van der Waals surface area contributed by atoms with Crippen molar-refractivity contribution in [3.63, 3.8) is 0 Å². The molecule has 0 saturated heterocycles. The van der Waals surface area contributed by atoms with Crippen LogP contribution in [0.1, 0.15) is 19.4 Å². The van der Waals surface area contributed by atoms with Gasteiger partial charge in [-0.25, -0.2) is 0 Å². The van der Waals surface area contributed by atoms with Gasteiger partial charge in [0.1, 0.15) is 12.4 Å². The van der Waals surface area contributed by atoms with E-state index in [0.29, 0.717) is 12.6 Å². The van der Waals surface area contributed by atoms with E-state index in [1.54, 1.807) is 0 Å². The molecule has 0 aromatic heterocycles. The van der Waals surface area contributed by atoms with E-state index < -0.39 is 0 Å². The minimum atomic E-state index is 0.451. The predicted molar refractivity (Wildman–Crippen MR) is 80.2 cm³/mol. The molecule has 1 atom stereocenters. The van der Waals surface area contributed by atoms with Crippen LogP contribution in [-0.2, 0) is 6.54 Å². The van der Waals surface area contributed by atoms with Crippen molar-refractivity contribution < 1.29 is 4.74 Å². The second-order valence-electron chi connectivity index (χ2n) is 4.31. The summed E-state index contributed by atoms with van der Waals surface area (Å²) in [5, 5.41) is 0. The average Bonchev–Trinajstić information content (AvgIpc) is 2.40. The Bertz CT molecular complexity index is 405. The zero-order valence-electron chi connectivity index (χ0n) is 11.3. The zero-order valence-corrected chi connectivity index (χ0v) is 12.2. The number of hydrogen-bond acceptors (Lipinski definition) is 3. The molecule has 0 aliphatic rings. The fraction of sp³-hybridized carbons (Fsp3) is 0.467. The summed E-state index contributed by atoms with van der Waals surface area (Å²) in [6.07, 6.45) is 0. The Labute approximate surface area is 116 Å². The van der Waals surface area contributed by atoms with Gasteiger partial charge >= 0.3 is 0 Å². The third kappa shape index (κ3) is 5.03. The Hall–Kier alpha value is -1.11. The Morgan fingerprint density at radius 3 is 2.56 bits per heavy atom. The molecule has 0 radical (unpaired) electrons. The topological polar surface area (TPSA) is 12.5 Å². The van der Waals surface area contributed by atoms with Crippen LogP contribution in [0.3, 0.4) is 0 Å². The molecule has 0 unspecified atom stereocenters. The molecule has 0 amide bonds. The normalized spacial score (nSPS) is 11.8. The van der Waals surface area contributed by atoms with Crippen molar-refractivity contribution in [3.8, 4) is 17.6 Å². The van der Waals surface area contributed by atoms with Crippen molar-refractivity contribution in [2.75, 3.05) is 19.4 Å². The van der Waals surface area contributed by atoms with E-state index in [4.69, 9.17) is 4.74 Å². The molecule has 0 fully saturated rings. The minimum absolute atomic E-state index is 0.451. The van der Waals surface area contributed by atoms with Crippen LogP contribution in [0.15, 0.2) is 24.3 Å². The van der Waals surface area contributed by atoms with Gasteiger partial charge in [0.05, 0.1) is 0 Å². The molecule has 0 spiro atoms. The van der Waals surface area contributed by atoms with E-state index in [1.165, 1.54) is 5.56 Å². The van der Waals surface area contributed by atoms with Crippen molar-refractivity contribution in [2.45, 2.75) is 26.4 Å². The van der Waals surface area contributed by atoms with Crippen LogP contribution in [0.25, 0.3) is 0 Å². The number of rotatable bonds is 6. The Balaban J connectivity index is 2.51. The van der Waals surface area contributed by atoms with Crippen LogP contribution in [0, 0.1) is 11.8 Å². The van der Waals surface area contributed by atoms with Gasteiger partial charge in [0.15, 0.2) is 0 Å². The standard InChI is InChI=1S/C15H21NOS/c1-4-5-10-17-15-8-6-14(7-9-15)11-16(3)13(2)12-18/h6-9,13,18H,10-12H2,1-3H3/t13-/m1/s1. The summed E-state index contributed by atoms with van der Waals surface area (Å²) in [5.41, 5.74) is 1.28.